The third-order valence-corrected chi connectivity index (χ3v) is 2.38. The summed E-state index contributed by atoms with van der Waals surface area (Å²) < 4.78 is 11.1. The van der Waals surface area contributed by atoms with Crippen molar-refractivity contribution in [1.29, 1.82) is 0 Å². The van der Waals surface area contributed by atoms with E-state index >= 15 is 0 Å². The molecule has 0 bridgehead atoms. The molecule has 2 atom stereocenters. The van der Waals surface area contributed by atoms with Crippen LogP contribution in [0.25, 0.3) is 0 Å². The lowest BCUT2D eigenvalue weighted by molar-refractivity contribution is -0.148. The summed E-state index contributed by atoms with van der Waals surface area (Å²) >= 11 is 0. The number of aliphatic hydroxyl groups excluding tert-OH is 1. The molecule has 1 fully saturated rings. The van der Waals surface area contributed by atoms with E-state index in [1.54, 1.807) is 0 Å². The summed E-state index contributed by atoms with van der Waals surface area (Å²) in [5.74, 6) is 0. The quantitative estimate of drug-likeness (QED) is 0.682. The zero-order chi connectivity index (χ0) is 9.35. The molecule has 3 nitrogen and oxygen atoms in total. The van der Waals surface area contributed by atoms with Crippen molar-refractivity contribution >= 4 is 0 Å². The standard InChI is InChI=1S/C9H18O3/c1-6-7(2)12-8(11-6)9(3,4)5-10/h6-8,10H,5H2,1-4H3. The molecule has 0 saturated carbocycles. The Bertz CT molecular complexity index is 146. The minimum absolute atomic E-state index is 0.0805. The monoisotopic (exact) mass is 174 g/mol. The number of hydrogen-bond donors (Lipinski definition) is 1. The van der Waals surface area contributed by atoms with E-state index in [9.17, 15) is 0 Å². The fourth-order valence-corrected chi connectivity index (χ4v) is 1.09. The van der Waals surface area contributed by atoms with Gasteiger partial charge in [0.15, 0.2) is 6.29 Å². The molecule has 0 radical (unpaired) electrons. The molecule has 1 N–H and O–H groups in total. The highest BCUT2D eigenvalue weighted by atomic mass is 16.7. The summed E-state index contributed by atoms with van der Waals surface area (Å²) in [4.78, 5) is 0. The number of rotatable bonds is 2. The summed E-state index contributed by atoms with van der Waals surface area (Å²) in [7, 11) is 0. The topological polar surface area (TPSA) is 38.7 Å². The van der Waals surface area contributed by atoms with Gasteiger partial charge >= 0.3 is 0 Å². The first-order valence-electron chi connectivity index (χ1n) is 4.39. The zero-order valence-corrected chi connectivity index (χ0v) is 8.20. The molecule has 1 rings (SSSR count). The van der Waals surface area contributed by atoms with Gasteiger partial charge in [0, 0.05) is 5.41 Å². The Kier molecular flexibility index (Phi) is 2.76. The van der Waals surface area contributed by atoms with Crippen LogP contribution in [0, 0.1) is 5.41 Å². The van der Waals surface area contributed by atoms with E-state index in [0.717, 1.165) is 0 Å². The second-order valence-corrected chi connectivity index (χ2v) is 4.16. The minimum Gasteiger partial charge on any atom is -0.396 e. The van der Waals surface area contributed by atoms with Crippen LogP contribution in [-0.4, -0.2) is 30.2 Å². The van der Waals surface area contributed by atoms with Gasteiger partial charge in [0.25, 0.3) is 0 Å². The molecule has 12 heavy (non-hydrogen) atoms. The summed E-state index contributed by atoms with van der Waals surface area (Å²) in [6, 6.07) is 0. The van der Waals surface area contributed by atoms with Crippen LogP contribution >= 0.6 is 0 Å². The van der Waals surface area contributed by atoms with E-state index in [1.165, 1.54) is 0 Å². The predicted octanol–water partition coefficient (Wildman–Crippen LogP) is 1.15. The zero-order valence-electron chi connectivity index (χ0n) is 8.20. The Balaban J connectivity index is 2.56. The van der Waals surface area contributed by atoms with E-state index in [0.29, 0.717) is 0 Å². The van der Waals surface area contributed by atoms with Crippen LogP contribution in [0.5, 0.6) is 0 Å². The molecule has 72 valence electrons. The molecule has 1 heterocycles. The average Bonchev–Trinajstić information content (AvgIpc) is 2.33. The lowest BCUT2D eigenvalue weighted by Crippen LogP contribution is -2.34. The molecule has 0 amide bonds. The van der Waals surface area contributed by atoms with Crippen molar-refractivity contribution in [1.82, 2.24) is 0 Å². The van der Waals surface area contributed by atoms with Crippen LogP contribution in [-0.2, 0) is 9.47 Å². The van der Waals surface area contributed by atoms with Gasteiger partial charge in [-0.15, -0.1) is 0 Å². The van der Waals surface area contributed by atoms with Crippen molar-refractivity contribution in [2.45, 2.75) is 46.2 Å². The van der Waals surface area contributed by atoms with Gasteiger partial charge in [-0.05, 0) is 13.8 Å². The molecular formula is C9H18O3. The summed E-state index contributed by atoms with van der Waals surface area (Å²) in [6.45, 7) is 7.91. The van der Waals surface area contributed by atoms with Crippen molar-refractivity contribution in [3.63, 3.8) is 0 Å². The number of aliphatic hydroxyl groups is 1. The fraction of sp³-hybridized carbons (Fsp3) is 1.00. The third kappa shape index (κ3) is 1.79. The first-order chi connectivity index (χ1) is 5.47. The Morgan fingerprint density at radius 3 is 1.92 bits per heavy atom. The van der Waals surface area contributed by atoms with Crippen molar-refractivity contribution < 1.29 is 14.6 Å². The van der Waals surface area contributed by atoms with Crippen LogP contribution in [0.15, 0.2) is 0 Å². The number of hydrogen-bond acceptors (Lipinski definition) is 3. The molecule has 0 aromatic rings. The molecule has 2 unspecified atom stereocenters. The molecule has 1 saturated heterocycles. The Hall–Kier alpha value is -0.120. The van der Waals surface area contributed by atoms with Gasteiger partial charge in [-0.2, -0.15) is 0 Å². The predicted molar refractivity (Wildman–Crippen MR) is 45.7 cm³/mol. The van der Waals surface area contributed by atoms with Gasteiger partial charge < -0.3 is 14.6 Å². The molecule has 0 aromatic heterocycles. The first-order valence-corrected chi connectivity index (χ1v) is 4.39. The first kappa shape index (κ1) is 9.96. The maximum absolute atomic E-state index is 9.07. The van der Waals surface area contributed by atoms with Crippen LogP contribution < -0.4 is 0 Å². The minimum atomic E-state index is -0.307. The Labute approximate surface area is 73.7 Å². The molecule has 1 aliphatic heterocycles. The van der Waals surface area contributed by atoms with Crippen molar-refractivity contribution in [2.75, 3.05) is 6.61 Å². The average molecular weight is 174 g/mol. The molecule has 0 aliphatic carbocycles. The van der Waals surface area contributed by atoms with E-state index in [2.05, 4.69) is 0 Å². The van der Waals surface area contributed by atoms with Crippen LogP contribution in [0.1, 0.15) is 27.7 Å². The summed E-state index contributed by atoms with van der Waals surface area (Å²) in [5.41, 5.74) is -0.307. The highest BCUT2D eigenvalue weighted by molar-refractivity contribution is 4.79. The lowest BCUT2D eigenvalue weighted by atomic mass is 9.94. The normalized spacial score (nSPS) is 37.2. The van der Waals surface area contributed by atoms with Crippen molar-refractivity contribution in [2.24, 2.45) is 5.41 Å². The Morgan fingerprint density at radius 1 is 1.17 bits per heavy atom. The van der Waals surface area contributed by atoms with Crippen molar-refractivity contribution in [3.8, 4) is 0 Å². The van der Waals surface area contributed by atoms with Crippen molar-refractivity contribution in [3.05, 3.63) is 0 Å². The molecule has 0 aromatic carbocycles. The Morgan fingerprint density at radius 2 is 1.58 bits per heavy atom. The second-order valence-electron chi connectivity index (χ2n) is 4.16. The largest absolute Gasteiger partial charge is 0.396 e. The van der Waals surface area contributed by atoms with E-state index in [-0.39, 0.29) is 30.5 Å². The van der Waals surface area contributed by atoms with Gasteiger partial charge in [-0.3, -0.25) is 0 Å². The van der Waals surface area contributed by atoms with Crippen LogP contribution in [0.3, 0.4) is 0 Å². The van der Waals surface area contributed by atoms with Crippen LogP contribution in [0.4, 0.5) is 0 Å². The van der Waals surface area contributed by atoms with Gasteiger partial charge in [0.05, 0.1) is 18.8 Å². The summed E-state index contributed by atoms with van der Waals surface area (Å²) in [6.07, 6.45) is -0.0193. The van der Waals surface area contributed by atoms with E-state index < -0.39 is 0 Å². The SMILES string of the molecule is CC1OC(C(C)(C)CO)OC1C. The smallest absolute Gasteiger partial charge is 0.165 e. The summed E-state index contributed by atoms with van der Waals surface area (Å²) in [5, 5.41) is 9.07. The van der Waals surface area contributed by atoms with Crippen LogP contribution in [0.2, 0.25) is 0 Å². The highest BCUT2D eigenvalue weighted by Crippen LogP contribution is 2.31. The van der Waals surface area contributed by atoms with E-state index in [1.807, 2.05) is 27.7 Å². The molecule has 1 aliphatic rings. The third-order valence-electron chi connectivity index (χ3n) is 2.38. The fourth-order valence-electron chi connectivity index (χ4n) is 1.09. The maximum Gasteiger partial charge on any atom is 0.165 e. The van der Waals surface area contributed by atoms with Gasteiger partial charge in [-0.25, -0.2) is 0 Å². The number of ether oxygens (including phenoxy) is 2. The maximum atomic E-state index is 9.07. The van der Waals surface area contributed by atoms with Gasteiger partial charge in [0.1, 0.15) is 0 Å². The van der Waals surface area contributed by atoms with Gasteiger partial charge in [0.2, 0.25) is 0 Å². The highest BCUT2D eigenvalue weighted by Gasteiger charge is 2.39. The second kappa shape index (κ2) is 3.32. The molecule has 0 spiro atoms. The van der Waals surface area contributed by atoms with Gasteiger partial charge in [-0.1, -0.05) is 13.8 Å². The molecule has 3 heteroatoms. The van der Waals surface area contributed by atoms with E-state index in [4.69, 9.17) is 14.6 Å². The lowest BCUT2D eigenvalue weighted by Gasteiger charge is -2.27. The molecular weight excluding hydrogens is 156 g/mol.